The lowest BCUT2D eigenvalue weighted by atomic mass is 9.70. The smallest absolute Gasteiger partial charge is 0.0561 e. The Morgan fingerprint density at radius 1 is 1.00 bits per heavy atom. The molecular formula is C24H42ClNO. The summed E-state index contributed by atoms with van der Waals surface area (Å²) in [6.07, 6.45) is 21.6. The molecule has 2 nitrogen and oxygen atoms in total. The van der Waals surface area contributed by atoms with Crippen LogP contribution < -0.4 is 5.73 Å². The second-order valence-electron chi connectivity index (χ2n) is 9.83. The van der Waals surface area contributed by atoms with Crippen molar-refractivity contribution in [1.82, 2.24) is 0 Å². The molecule has 4 unspecified atom stereocenters. The van der Waals surface area contributed by atoms with E-state index in [0.717, 1.165) is 36.7 Å². The number of nitrogens with two attached hydrogens (primary N) is 1. The normalized spacial score (nSPS) is 37.1. The van der Waals surface area contributed by atoms with Crippen LogP contribution in [-0.4, -0.2) is 24.1 Å². The van der Waals surface area contributed by atoms with E-state index in [1.807, 2.05) is 0 Å². The fraction of sp³-hybridized carbons (Fsp3) is 0.917. The van der Waals surface area contributed by atoms with Crippen LogP contribution in [0.3, 0.4) is 0 Å². The lowest BCUT2D eigenvalue weighted by Crippen LogP contribution is -2.32. The Morgan fingerprint density at radius 2 is 1.81 bits per heavy atom. The first-order chi connectivity index (χ1) is 13.1. The predicted octanol–water partition coefficient (Wildman–Crippen LogP) is 6.46. The molecule has 0 aromatic heterocycles. The van der Waals surface area contributed by atoms with Gasteiger partial charge in [-0.25, -0.2) is 0 Å². The Balaban J connectivity index is 1.29. The Bertz CT molecular complexity index is 446. The highest BCUT2D eigenvalue weighted by molar-refractivity contribution is 6.20. The molecule has 0 heterocycles. The van der Waals surface area contributed by atoms with Crippen LogP contribution in [0.4, 0.5) is 0 Å². The van der Waals surface area contributed by atoms with Crippen molar-refractivity contribution in [2.45, 2.75) is 108 Å². The summed E-state index contributed by atoms with van der Waals surface area (Å²) in [6.45, 7) is 3.12. The van der Waals surface area contributed by atoms with E-state index in [4.69, 9.17) is 22.1 Å². The number of alkyl halides is 1. The molecule has 2 saturated carbocycles. The van der Waals surface area contributed by atoms with Crippen molar-refractivity contribution in [3.8, 4) is 0 Å². The number of ether oxygens (including phenoxy) is 1. The first-order valence-corrected chi connectivity index (χ1v) is 12.2. The summed E-state index contributed by atoms with van der Waals surface area (Å²) < 4.78 is 6.12. The van der Waals surface area contributed by atoms with Gasteiger partial charge in [-0.3, -0.25) is 0 Å². The SMILES string of the molecule is CC(C[C@H](N)CC1CCC(C2CCCC(Cl)C2)CC1)OCC1CC=CCC1. The molecule has 0 saturated heterocycles. The Hall–Kier alpha value is -0.0500. The molecule has 0 aliphatic heterocycles. The Morgan fingerprint density at radius 3 is 2.52 bits per heavy atom. The minimum atomic E-state index is 0.296. The third-order valence-corrected chi connectivity index (χ3v) is 7.87. The van der Waals surface area contributed by atoms with Gasteiger partial charge in [0, 0.05) is 11.4 Å². The summed E-state index contributed by atoms with van der Waals surface area (Å²) in [6, 6.07) is 0.301. The molecule has 0 radical (unpaired) electrons. The molecule has 0 aromatic rings. The number of rotatable bonds is 8. The van der Waals surface area contributed by atoms with Gasteiger partial charge in [0.1, 0.15) is 0 Å². The molecule has 156 valence electrons. The zero-order chi connectivity index (χ0) is 19.1. The lowest BCUT2D eigenvalue weighted by molar-refractivity contribution is 0.0275. The van der Waals surface area contributed by atoms with Gasteiger partial charge in [-0.05, 0) is 88.4 Å². The number of halogens is 1. The Kier molecular flexibility index (Phi) is 9.00. The second kappa shape index (κ2) is 11.2. The molecule has 0 spiro atoms. The fourth-order valence-corrected chi connectivity index (χ4v) is 6.20. The zero-order valence-corrected chi connectivity index (χ0v) is 18.2. The van der Waals surface area contributed by atoms with Gasteiger partial charge in [0.25, 0.3) is 0 Å². The highest BCUT2D eigenvalue weighted by atomic mass is 35.5. The van der Waals surface area contributed by atoms with E-state index in [0.29, 0.717) is 17.5 Å². The molecule has 2 N–H and O–H groups in total. The standard InChI is InChI=1S/C24H42ClNO/c1-18(27-17-20-6-3-2-4-7-20)14-24(26)15-19-10-12-21(13-11-19)22-8-5-9-23(25)16-22/h2-3,18-24H,4-17,26H2,1H3/t18?,19?,20?,21?,22?,23?,24-/m0/s1. The van der Waals surface area contributed by atoms with Crippen molar-refractivity contribution >= 4 is 11.6 Å². The first-order valence-electron chi connectivity index (χ1n) is 11.8. The van der Waals surface area contributed by atoms with Gasteiger partial charge < -0.3 is 10.5 Å². The van der Waals surface area contributed by atoms with Crippen LogP contribution in [0.25, 0.3) is 0 Å². The maximum atomic E-state index is 6.50. The van der Waals surface area contributed by atoms with E-state index in [1.54, 1.807) is 0 Å². The van der Waals surface area contributed by atoms with E-state index in [1.165, 1.54) is 77.0 Å². The largest absolute Gasteiger partial charge is 0.378 e. The van der Waals surface area contributed by atoms with Gasteiger partial charge >= 0.3 is 0 Å². The lowest BCUT2D eigenvalue weighted by Gasteiger charge is -2.37. The third-order valence-electron chi connectivity index (χ3n) is 7.47. The van der Waals surface area contributed by atoms with Gasteiger partial charge in [-0.2, -0.15) is 0 Å². The monoisotopic (exact) mass is 395 g/mol. The molecule has 0 amide bonds. The minimum absolute atomic E-state index is 0.296. The second-order valence-corrected chi connectivity index (χ2v) is 10.4. The minimum Gasteiger partial charge on any atom is -0.378 e. The van der Waals surface area contributed by atoms with E-state index in [-0.39, 0.29) is 0 Å². The van der Waals surface area contributed by atoms with Crippen molar-refractivity contribution in [3.05, 3.63) is 12.2 Å². The molecule has 0 bridgehead atoms. The highest BCUT2D eigenvalue weighted by Crippen LogP contribution is 2.42. The van der Waals surface area contributed by atoms with Gasteiger partial charge in [0.2, 0.25) is 0 Å². The molecule has 0 aromatic carbocycles. The molecule has 27 heavy (non-hydrogen) atoms. The summed E-state index contributed by atoms with van der Waals surface area (Å²) in [5.41, 5.74) is 6.50. The predicted molar refractivity (Wildman–Crippen MR) is 116 cm³/mol. The van der Waals surface area contributed by atoms with E-state index in [9.17, 15) is 0 Å². The van der Waals surface area contributed by atoms with Crippen molar-refractivity contribution in [2.24, 2.45) is 29.4 Å². The summed E-state index contributed by atoms with van der Waals surface area (Å²) in [5.74, 6) is 3.39. The molecule has 3 aliphatic rings. The van der Waals surface area contributed by atoms with Crippen LogP contribution in [0.5, 0.6) is 0 Å². The van der Waals surface area contributed by atoms with Crippen LogP contribution in [0.1, 0.15) is 90.4 Å². The van der Waals surface area contributed by atoms with Crippen molar-refractivity contribution in [1.29, 1.82) is 0 Å². The van der Waals surface area contributed by atoms with Crippen LogP contribution >= 0.6 is 11.6 Å². The first kappa shape index (κ1) is 21.7. The van der Waals surface area contributed by atoms with Gasteiger partial charge in [-0.15, -0.1) is 11.6 Å². The van der Waals surface area contributed by atoms with Gasteiger partial charge in [0.05, 0.1) is 12.7 Å². The number of allylic oxidation sites excluding steroid dienone is 2. The van der Waals surface area contributed by atoms with Crippen molar-refractivity contribution in [2.75, 3.05) is 6.61 Å². The van der Waals surface area contributed by atoms with E-state index < -0.39 is 0 Å². The van der Waals surface area contributed by atoms with Crippen molar-refractivity contribution < 1.29 is 4.74 Å². The van der Waals surface area contributed by atoms with Gasteiger partial charge in [-0.1, -0.05) is 37.8 Å². The maximum Gasteiger partial charge on any atom is 0.0561 e. The molecule has 3 aliphatic carbocycles. The topological polar surface area (TPSA) is 35.2 Å². The quantitative estimate of drug-likeness (QED) is 0.378. The molecule has 5 atom stereocenters. The molecular weight excluding hydrogens is 354 g/mol. The average molecular weight is 396 g/mol. The zero-order valence-electron chi connectivity index (χ0n) is 17.5. The fourth-order valence-electron chi connectivity index (χ4n) is 5.82. The average Bonchev–Trinajstić information content (AvgIpc) is 2.68. The highest BCUT2D eigenvalue weighted by Gasteiger charge is 2.31. The molecule has 3 heteroatoms. The number of hydrogen-bond acceptors (Lipinski definition) is 2. The summed E-state index contributed by atoms with van der Waals surface area (Å²) in [5, 5.41) is 0.445. The third kappa shape index (κ3) is 7.37. The van der Waals surface area contributed by atoms with E-state index in [2.05, 4.69) is 19.1 Å². The summed E-state index contributed by atoms with van der Waals surface area (Å²) in [7, 11) is 0. The number of hydrogen-bond donors (Lipinski definition) is 1. The van der Waals surface area contributed by atoms with Crippen LogP contribution in [-0.2, 0) is 4.74 Å². The van der Waals surface area contributed by atoms with E-state index >= 15 is 0 Å². The van der Waals surface area contributed by atoms with Crippen LogP contribution in [0, 0.1) is 23.7 Å². The van der Waals surface area contributed by atoms with Crippen LogP contribution in [0.15, 0.2) is 12.2 Å². The molecule has 3 rings (SSSR count). The summed E-state index contributed by atoms with van der Waals surface area (Å²) in [4.78, 5) is 0. The van der Waals surface area contributed by atoms with Crippen LogP contribution in [0.2, 0.25) is 0 Å². The van der Waals surface area contributed by atoms with Gasteiger partial charge in [0.15, 0.2) is 0 Å². The summed E-state index contributed by atoms with van der Waals surface area (Å²) >= 11 is 6.42. The van der Waals surface area contributed by atoms with Crippen molar-refractivity contribution in [3.63, 3.8) is 0 Å². The molecule has 2 fully saturated rings. The maximum absolute atomic E-state index is 6.50. The Labute approximate surface area is 172 Å².